The van der Waals surface area contributed by atoms with E-state index in [2.05, 4.69) is 31.2 Å². The predicted molar refractivity (Wildman–Crippen MR) is 109 cm³/mol. The van der Waals surface area contributed by atoms with Crippen LogP contribution in [0.3, 0.4) is 0 Å². The summed E-state index contributed by atoms with van der Waals surface area (Å²) in [5.41, 5.74) is 7.69. The van der Waals surface area contributed by atoms with Gasteiger partial charge in [-0.3, -0.25) is 9.88 Å². The van der Waals surface area contributed by atoms with Crippen LogP contribution in [0.25, 0.3) is 11.0 Å². The summed E-state index contributed by atoms with van der Waals surface area (Å²) in [5.74, 6) is 1.72. The SMILES string of the molecule is NC1=NC(c2cc(Br)ccc2OC(F)F)n2c(nc3cc4c(cc32)OCCCO4)N1. The van der Waals surface area contributed by atoms with Crippen molar-refractivity contribution in [3.8, 4) is 17.2 Å². The third-order valence-electron chi connectivity index (χ3n) is 4.77. The molecule has 2 aliphatic heterocycles. The molecule has 2 aromatic carbocycles. The van der Waals surface area contributed by atoms with Crippen molar-refractivity contribution in [2.75, 3.05) is 18.5 Å². The van der Waals surface area contributed by atoms with Crippen molar-refractivity contribution < 1.29 is 23.0 Å². The quantitative estimate of drug-likeness (QED) is 0.592. The fraction of sp³-hybridized carbons (Fsp3) is 0.263. The molecule has 3 heterocycles. The number of benzene rings is 2. The second-order valence-electron chi connectivity index (χ2n) is 6.72. The Morgan fingerprint density at radius 2 is 1.97 bits per heavy atom. The Hall–Kier alpha value is -3.08. The molecule has 0 saturated carbocycles. The van der Waals surface area contributed by atoms with E-state index in [1.54, 1.807) is 22.8 Å². The Morgan fingerprint density at radius 1 is 1.20 bits per heavy atom. The third-order valence-corrected chi connectivity index (χ3v) is 5.26. The highest BCUT2D eigenvalue weighted by Gasteiger charge is 2.29. The third kappa shape index (κ3) is 3.28. The van der Waals surface area contributed by atoms with Gasteiger partial charge in [-0.1, -0.05) is 15.9 Å². The van der Waals surface area contributed by atoms with Crippen molar-refractivity contribution in [3.05, 3.63) is 40.4 Å². The Balaban J connectivity index is 1.71. The van der Waals surface area contributed by atoms with Gasteiger partial charge in [0, 0.05) is 28.6 Å². The van der Waals surface area contributed by atoms with Gasteiger partial charge in [0.05, 0.1) is 24.2 Å². The molecule has 3 aromatic rings. The zero-order valence-electron chi connectivity index (χ0n) is 15.4. The molecule has 0 saturated heterocycles. The molecule has 11 heteroatoms. The number of imidazole rings is 1. The fourth-order valence-electron chi connectivity index (χ4n) is 3.56. The van der Waals surface area contributed by atoms with Crippen molar-refractivity contribution in [2.24, 2.45) is 10.7 Å². The predicted octanol–water partition coefficient (Wildman–Crippen LogP) is 3.85. The van der Waals surface area contributed by atoms with Crippen LogP contribution in [0, 0.1) is 0 Å². The average Bonchev–Trinajstić information content (AvgIpc) is 2.88. The molecule has 3 N–H and O–H groups in total. The zero-order chi connectivity index (χ0) is 20.8. The molecule has 0 spiro atoms. The smallest absolute Gasteiger partial charge is 0.387 e. The van der Waals surface area contributed by atoms with Gasteiger partial charge < -0.3 is 19.9 Å². The maximum absolute atomic E-state index is 13.0. The molecule has 30 heavy (non-hydrogen) atoms. The van der Waals surface area contributed by atoms with Crippen LogP contribution in [0.5, 0.6) is 17.2 Å². The maximum atomic E-state index is 13.0. The normalized spacial score (nSPS) is 17.9. The topological polar surface area (TPSA) is 95.9 Å². The molecule has 156 valence electrons. The van der Waals surface area contributed by atoms with Crippen molar-refractivity contribution >= 4 is 38.9 Å². The lowest BCUT2D eigenvalue weighted by atomic mass is 10.1. The van der Waals surface area contributed by atoms with Crippen LogP contribution >= 0.6 is 15.9 Å². The lowest BCUT2D eigenvalue weighted by Crippen LogP contribution is -2.31. The van der Waals surface area contributed by atoms with Crippen LogP contribution in [-0.4, -0.2) is 35.3 Å². The Kier molecular flexibility index (Phi) is 4.61. The molecule has 0 fully saturated rings. The van der Waals surface area contributed by atoms with E-state index in [1.807, 2.05) is 6.07 Å². The zero-order valence-corrected chi connectivity index (χ0v) is 17.0. The van der Waals surface area contributed by atoms with Gasteiger partial charge in [0.15, 0.2) is 23.6 Å². The highest BCUT2D eigenvalue weighted by Crippen LogP contribution is 2.41. The van der Waals surface area contributed by atoms with E-state index in [9.17, 15) is 8.78 Å². The number of guanidine groups is 1. The molecule has 1 aromatic heterocycles. The number of nitrogens with one attached hydrogen (secondary N) is 1. The van der Waals surface area contributed by atoms with Crippen molar-refractivity contribution in [1.29, 1.82) is 0 Å². The number of fused-ring (bicyclic) bond motifs is 4. The number of aromatic nitrogens is 2. The molecule has 0 radical (unpaired) electrons. The van der Waals surface area contributed by atoms with Crippen LogP contribution in [0.2, 0.25) is 0 Å². The van der Waals surface area contributed by atoms with Crippen LogP contribution in [0.4, 0.5) is 14.7 Å². The largest absolute Gasteiger partial charge is 0.489 e. The summed E-state index contributed by atoms with van der Waals surface area (Å²) in [7, 11) is 0. The van der Waals surface area contributed by atoms with E-state index in [0.717, 1.165) is 6.42 Å². The van der Waals surface area contributed by atoms with E-state index >= 15 is 0 Å². The lowest BCUT2D eigenvalue weighted by Gasteiger charge is -2.25. The van der Waals surface area contributed by atoms with Gasteiger partial charge in [0.25, 0.3) is 0 Å². The minimum atomic E-state index is -2.98. The number of alkyl halides is 2. The van der Waals surface area contributed by atoms with Crippen LogP contribution in [0.15, 0.2) is 39.8 Å². The summed E-state index contributed by atoms with van der Waals surface area (Å²) in [6, 6.07) is 8.34. The molecule has 0 bridgehead atoms. The monoisotopic (exact) mass is 479 g/mol. The Morgan fingerprint density at radius 3 is 2.73 bits per heavy atom. The summed E-state index contributed by atoms with van der Waals surface area (Å²) < 4.78 is 44.7. The van der Waals surface area contributed by atoms with Gasteiger partial charge in [-0.05, 0) is 18.2 Å². The number of nitrogens with zero attached hydrogens (tertiary/aromatic N) is 3. The molecule has 2 aliphatic rings. The number of aliphatic imine (C=N–C) groups is 1. The fourth-order valence-corrected chi connectivity index (χ4v) is 3.94. The first kappa shape index (κ1) is 18.9. The van der Waals surface area contributed by atoms with Crippen LogP contribution < -0.4 is 25.3 Å². The van der Waals surface area contributed by atoms with Crippen LogP contribution in [-0.2, 0) is 0 Å². The molecule has 8 nitrogen and oxygen atoms in total. The van der Waals surface area contributed by atoms with Crippen molar-refractivity contribution in [2.45, 2.75) is 19.2 Å². The molecular formula is C19H16BrF2N5O3. The summed E-state index contributed by atoms with van der Waals surface area (Å²) in [6.45, 7) is -1.90. The van der Waals surface area contributed by atoms with Gasteiger partial charge in [-0.15, -0.1) is 0 Å². The standard InChI is InChI=1S/C19H16BrF2N5O3/c20-9-2-3-13(30-17(21)22)10(6-9)16-25-18(23)26-19-24-11-7-14-15(8-12(11)27(16)19)29-5-1-4-28-14/h2-3,6-8,16-17H,1,4-5H2,(H3,23,24,25,26). The van der Waals surface area contributed by atoms with Crippen LogP contribution in [0.1, 0.15) is 18.2 Å². The summed E-state index contributed by atoms with van der Waals surface area (Å²) >= 11 is 3.38. The first-order chi connectivity index (χ1) is 14.5. The van der Waals surface area contributed by atoms with Gasteiger partial charge >= 0.3 is 6.61 Å². The number of ether oxygens (including phenoxy) is 3. The van der Waals surface area contributed by atoms with Gasteiger partial charge in [-0.2, -0.15) is 8.78 Å². The highest BCUT2D eigenvalue weighted by atomic mass is 79.9. The van der Waals surface area contributed by atoms with E-state index in [0.29, 0.717) is 51.7 Å². The van der Waals surface area contributed by atoms with Gasteiger partial charge in [0.1, 0.15) is 5.75 Å². The minimum Gasteiger partial charge on any atom is -0.489 e. The van der Waals surface area contributed by atoms with Crippen molar-refractivity contribution in [3.63, 3.8) is 0 Å². The lowest BCUT2D eigenvalue weighted by molar-refractivity contribution is -0.0506. The molecule has 1 unspecified atom stereocenters. The number of hydrogen-bond acceptors (Lipinski definition) is 7. The number of nitrogens with two attached hydrogens (primary N) is 1. The molecule has 0 aliphatic carbocycles. The Bertz CT molecular complexity index is 1170. The highest BCUT2D eigenvalue weighted by molar-refractivity contribution is 9.10. The van der Waals surface area contributed by atoms with E-state index in [-0.39, 0.29) is 11.7 Å². The summed E-state index contributed by atoms with van der Waals surface area (Å²) in [4.78, 5) is 9.03. The second-order valence-corrected chi connectivity index (χ2v) is 7.63. The number of halogens is 3. The summed E-state index contributed by atoms with van der Waals surface area (Å²) in [6.07, 6.45) is -0.00292. The molecular weight excluding hydrogens is 464 g/mol. The number of hydrogen-bond donors (Lipinski definition) is 2. The number of rotatable bonds is 3. The van der Waals surface area contributed by atoms with E-state index in [1.165, 1.54) is 6.07 Å². The number of anilines is 1. The Labute approximate surface area is 177 Å². The van der Waals surface area contributed by atoms with E-state index in [4.69, 9.17) is 19.9 Å². The van der Waals surface area contributed by atoms with Gasteiger partial charge in [0.2, 0.25) is 5.95 Å². The minimum absolute atomic E-state index is 0.00112. The first-order valence-electron chi connectivity index (χ1n) is 9.16. The van der Waals surface area contributed by atoms with E-state index < -0.39 is 12.8 Å². The maximum Gasteiger partial charge on any atom is 0.387 e. The van der Waals surface area contributed by atoms with Crippen molar-refractivity contribution in [1.82, 2.24) is 9.55 Å². The molecule has 1 atom stereocenters. The first-order valence-corrected chi connectivity index (χ1v) is 9.95. The molecule has 5 rings (SSSR count). The van der Waals surface area contributed by atoms with Gasteiger partial charge in [-0.25, -0.2) is 9.98 Å². The second kappa shape index (κ2) is 7.31. The molecule has 0 amide bonds. The summed E-state index contributed by atoms with van der Waals surface area (Å²) in [5, 5.41) is 2.92. The average molecular weight is 480 g/mol.